The van der Waals surface area contributed by atoms with Crippen LogP contribution in [0, 0.1) is 17.0 Å². The van der Waals surface area contributed by atoms with E-state index in [4.69, 9.17) is 0 Å². The van der Waals surface area contributed by atoms with Crippen LogP contribution < -0.4 is 4.72 Å². The van der Waals surface area contributed by atoms with Crippen molar-refractivity contribution in [2.75, 3.05) is 10.5 Å². The molecule has 0 saturated carbocycles. The molecule has 6 nitrogen and oxygen atoms in total. The zero-order valence-corrected chi connectivity index (χ0v) is 11.2. The normalized spacial score (nSPS) is 11.2. The number of hydrogen-bond donors (Lipinski definition) is 1. The molecule has 0 unspecified atom stereocenters. The smallest absolute Gasteiger partial charge is 0.269 e. The quantitative estimate of drug-likeness (QED) is 0.636. The van der Waals surface area contributed by atoms with Gasteiger partial charge in [-0.1, -0.05) is 13.3 Å². The number of rotatable bonds is 6. The average Bonchev–Trinajstić information content (AvgIpc) is 2.29. The van der Waals surface area contributed by atoms with E-state index in [0.717, 1.165) is 6.42 Å². The van der Waals surface area contributed by atoms with E-state index in [1.165, 1.54) is 18.2 Å². The van der Waals surface area contributed by atoms with Crippen molar-refractivity contribution in [3.63, 3.8) is 0 Å². The lowest BCUT2D eigenvalue weighted by molar-refractivity contribution is -0.384. The maximum atomic E-state index is 11.7. The summed E-state index contributed by atoms with van der Waals surface area (Å²) < 4.78 is 25.8. The van der Waals surface area contributed by atoms with E-state index in [2.05, 4.69) is 4.72 Å². The molecule has 0 bridgehead atoms. The van der Waals surface area contributed by atoms with Crippen LogP contribution in [0.3, 0.4) is 0 Å². The third-order valence-corrected chi connectivity index (χ3v) is 3.81. The third-order valence-electron chi connectivity index (χ3n) is 2.45. The van der Waals surface area contributed by atoms with Crippen LogP contribution in [0.1, 0.15) is 25.3 Å². The van der Waals surface area contributed by atoms with Crippen LogP contribution in [-0.4, -0.2) is 19.1 Å². The Labute approximate surface area is 106 Å². The van der Waals surface area contributed by atoms with Gasteiger partial charge in [-0.2, -0.15) is 0 Å². The van der Waals surface area contributed by atoms with Crippen molar-refractivity contribution in [2.24, 2.45) is 0 Å². The lowest BCUT2D eigenvalue weighted by Gasteiger charge is -2.09. The zero-order chi connectivity index (χ0) is 13.8. The fourth-order valence-corrected chi connectivity index (χ4v) is 2.76. The molecule has 1 aromatic carbocycles. The van der Waals surface area contributed by atoms with Crippen LogP contribution in [0.2, 0.25) is 0 Å². The van der Waals surface area contributed by atoms with Gasteiger partial charge in [0, 0.05) is 12.1 Å². The van der Waals surface area contributed by atoms with Crippen LogP contribution in [0.25, 0.3) is 0 Å². The fraction of sp³-hybridized carbons (Fsp3) is 0.455. The predicted molar refractivity (Wildman–Crippen MR) is 70.2 cm³/mol. The molecule has 0 aliphatic carbocycles. The molecule has 0 aliphatic heterocycles. The van der Waals surface area contributed by atoms with Gasteiger partial charge in [0.25, 0.3) is 5.69 Å². The molecular formula is C11H16N2O4S. The van der Waals surface area contributed by atoms with Gasteiger partial charge in [-0.25, -0.2) is 8.42 Å². The van der Waals surface area contributed by atoms with Crippen molar-refractivity contribution in [1.82, 2.24) is 0 Å². The van der Waals surface area contributed by atoms with Gasteiger partial charge in [-0.15, -0.1) is 0 Å². The number of nitro benzene ring substituents is 1. The minimum Gasteiger partial charge on any atom is -0.283 e. The van der Waals surface area contributed by atoms with Gasteiger partial charge in [0.15, 0.2) is 0 Å². The van der Waals surface area contributed by atoms with Crippen LogP contribution in [0.5, 0.6) is 0 Å². The van der Waals surface area contributed by atoms with E-state index in [1.807, 2.05) is 6.92 Å². The second-order valence-corrected chi connectivity index (χ2v) is 5.87. The number of sulfonamides is 1. The Hall–Kier alpha value is -1.63. The molecule has 0 radical (unpaired) electrons. The molecule has 0 amide bonds. The monoisotopic (exact) mass is 272 g/mol. The van der Waals surface area contributed by atoms with Gasteiger partial charge in [0.1, 0.15) is 0 Å². The SMILES string of the molecule is CCCCS(=O)(=O)Nc1ccc([N+](=O)[O-])cc1C. The number of anilines is 1. The molecule has 0 aromatic heterocycles. The van der Waals surface area contributed by atoms with Gasteiger partial charge in [-0.3, -0.25) is 14.8 Å². The molecule has 1 aromatic rings. The van der Waals surface area contributed by atoms with Gasteiger partial charge in [-0.05, 0) is 25.0 Å². The molecule has 0 heterocycles. The van der Waals surface area contributed by atoms with E-state index >= 15 is 0 Å². The first-order chi connectivity index (χ1) is 8.35. The molecule has 0 aliphatic rings. The number of unbranched alkanes of at least 4 members (excludes halogenated alkanes) is 1. The van der Waals surface area contributed by atoms with Crippen molar-refractivity contribution in [3.8, 4) is 0 Å². The lowest BCUT2D eigenvalue weighted by Crippen LogP contribution is -2.17. The standard InChI is InChI=1S/C11H16N2O4S/c1-3-4-7-18(16,17)12-11-6-5-10(13(14)15)8-9(11)2/h5-6,8,12H,3-4,7H2,1-2H3. The minimum atomic E-state index is -3.37. The summed E-state index contributed by atoms with van der Waals surface area (Å²) in [5.41, 5.74) is 0.866. The molecule has 1 rings (SSSR count). The summed E-state index contributed by atoms with van der Waals surface area (Å²) >= 11 is 0. The minimum absolute atomic E-state index is 0.0518. The van der Waals surface area contributed by atoms with E-state index < -0.39 is 14.9 Å². The highest BCUT2D eigenvalue weighted by Gasteiger charge is 2.13. The summed E-state index contributed by atoms with van der Waals surface area (Å²) in [4.78, 5) is 10.0. The van der Waals surface area contributed by atoms with E-state index in [1.54, 1.807) is 6.92 Å². The fourth-order valence-electron chi connectivity index (χ4n) is 1.43. The van der Waals surface area contributed by atoms with Gasteiger partial charge in [0.2, 0.25) is 10.0 Å². The number of nitrogens with zero attached hydrogens (tertiary/aromatic N) is 1. The number of hydrogen-bond acceptors (Lipinski definition) is 4. The average molecular weight is 272 g/mol. The molecule has 0 atom stereocenters. The largest absolute Gasteiger partial charge is 0.283 e. The summed E-state index contributed by atoms with van der Waals surface area (Å²) in [5, 5.41) is 10.6. The Bertz CT molecular complexity index is 540. The van der Waals surface area contributed by atoms with E-state index in [0.29, 0.717) is 17.7 Å². The van der Waals surface area contributed by atoms with Gasteiger partial charge < -0.3 is 0 Å². The van der Waals surface area contributed by atoms with E-state index in [9.17, 15) is 18.5 Å². The number of nitro groups is 1. The van der Waals surface area contributed by atoms with Crippen molar-refractivity contribution in [3.05, 3.63) is 33.9 Å². The topological polar surface area (TPSA) is 89.3 Å². The highest BCUT2D eigenvalue weighted by Crippen LogP contribution is 2.22. The first-order valence-corrected chi connectivity index (χ1v) is 7.26. The molecule has 0 fully saturated rings. The first kappa shape index (κ1) is 14.4. The third kappa shape index (κ3) is 3.99. The highest BCUT2D eigenvalue weighted by molar-refractivity contribution is 7.92. The second kappa shape index (κ2) is 5.81. The summed E-state index contributed by atoms with van der Waals surface area (Å²) in [6.45, 7) is 3.54. The van der Waals surface area contributed by atoms with Gasteiger partial charge >= 0.3 is 0 Å². The van der Waals surface area contributed by atoms with Crippen LogP contribution in [-0.2, 0) is 10.0 Å². The van der Waals surface area contributed by atoms with Crippen LogP contribution in [0.4, 0.5) is 11.4 Å². The van der Waals surface area contributed by atoms with Crippen LogP contribution in [0.15, 0.2) is 18.2 Å². The maximum absolute atomic E-state index is 11.7. The highest BCUT2D eigenvalue weighted by atomic mass is 32.2. The molecule has 0 spiro atoms. The summed E-state index contributed by atoms with van der Waals surface area (Å²) in [6.07, 6.45) is 1.38. The summed E-state index contributed by atoms with van der Waals surface area (Å²) in [5.74, 6) is 0.0555. The molecule has 0 saturated heterocycles. The molecule has 18 heavy (non-hydrogen) atoms. The molecule has 1 N–H and O–H groups in total. The van der Waals surface area contributed by atoms with E-state index in [-0.39, 0.29) is 11.4 Å². The molecule has 7 heteroatoms. The Balaban J connectivity index is 2.89. The zero-order valence-electron chi connectivity index (χ0n) is 10.3. The van der Waals surface area contributed by atoms with Crippen molar-refractivity contribution < 1.29 is 13.3 Å². The number of nitrogens with one attached hydrogen (secondary N) is 1. The summed E-state index contributed by atoms with van der Waals surface area (Å²) in [6, 6.07) is 4.04. The van der Waals surface area contributed by atoms with Crippen molar-refractivity contribution in [1.29, 1.82) is 0 Å². The summed E-state index contributed by atoms with van der Waals surface area (Å²) in [7, 11) is -3.37. The van der Waals surface area contributed by atoms with Crippen molar-refractivity contribution in [2.45, 2.75) is 26.7 Å². The Morgan fingerprint density at radius 2 is 2.06 bits per heavy atom. The van der Waals surface area contributed by atoms with Gasteiger partial charge in [0.05, 0.1) is 16.4 Å². The predicted octanol–water partition coefficient (Wildman–Crippen LogP) is 2.45. The first-order valence-electron chi connectivity index (χ1n) is 5.61. The molecular weight excluding hydrogens is 256 g/mol. The number of non-ortho nitro benzene ring substituents is 1. The Morgan fingerprint density at radius 3 is 2.56 bits per heavy atom. The Kier molecular flexibility index (Phi) is 4.66. The second-order valence-electron chi connectivity index (χ2n) is 4.03. The Morgan fingerprint density at radius 1 is 1.39 bits per heavy atom. The maximum Gasteiger partial charge on any atom is 0.269 e. The molecule has 100 valence electrons. The van der Waals surface area contributed by atoms with Crippen molar-refractivity contribution >= 4 is 21.4 Å². The number of benzene rings is 1. The lowest BCUT2D eigenvalue weighted by atomic mass is 10.2. The number of aryl methyl sites for hydroxylation is 1. The van der Waals surface area contributed by atoms with Crippen LogP contribution >= 0.6 is 0 Å².